The molecule has 19 heavy (non-hydrogen) atoms. The van der Waals surface area contributed by atoms with E-state index in [4.69, 9.17) is 11.6 Å². The summed E-state index contributed by atoms with van der Waals surface area (Å²) in [5, 5.41) is 0.306. The average molecular weight is 279 g/mol. The molecule has 3 nitrogen and oxygen atoms in total. The first-order valence-corrected chi connectivity index (χ1v) is 6.03. The number of pyridine rings is 1. The number of hydrogen-bond acceptors (Lipinski definition) is 2. The molecule has 0 saturated heterocycles. The molecule has 0 atom stereocenters. The fourth-order valence-electron chi connectivity index (χ4n) is 1.70. The Bertz CT molecular complexity index is 631. The Morgan fingerprint density at radius 3 is 2.68 bits per heavy atom. The minimum atomic E-state index is -0.463. The molecule has 0 aliphatic heterocycles. The van der Waals surface area contributed by atoms with Gasteiger partial charge < -0.3 is 4.90 Å². The molecule has 0 bridgehead atoms. The van der Waals surface area contributed by atoms with Crippen LogP contribution in [0.3, 0.4) is 0 Å². The molecule has 0 unspecified atom stereocenters. The summed E-state index contributed by atoms with van der Waals surface area (Å²) >= 11 is 6.01. The van der Waals surface area contributed by atoms with Gasteiger partial charge in [0.2, 0.25) is 0 Å². The third kappa shape index (κ3) is 2.74. The lowest BCUT2D eigenvalue weighted by atomic mass is 10.2. The van der Waals surface area contributed by atoms with Gasteiger partial charge in [-0.3, -0.25) is 9.78 Å². The summed E-state index contributed by atoms with van der Waals surface area (Å²) in [4.78, 5) is 17.5. The van der Waals surface area contributed by atoms with Gasteiger partial charge in [-0.1, -0.05) is 23.7 Å². The molecule has 1 aromatic heterocycles. The normalized spacial score (nSPS) is 10.3. The number of hydrogen-bond donors (Lipinski definition) is 0. The maximum atomic E-state index is 13.6. The topological polar surface area (TPSA) is 33.2 Å². The summed E-state index contributed by atoms with van der Waals surface area (Å²) in [5.41, 5.74) is 1.16. The smallest absolute Gasteiger partial charge is 0.261 e. The van der Waals surface area contributed by atoms with Gasteiger partial charge in [-0.15, -0.1) is 0 Å². The van der Waals surface area contributed by atoms with Crippen LogP contribution in [-0.4, -0.2) is 17.9 Å². The molecule has 2 rings (SSSR count). The summed E-state index contributed by atoms with van der Waals surface area (Å²) in [6.07, 6.45) is 1.40. The zero-order valence-corrected chi connectivity index (χ0v) is 11.3. The largest absolute Gasteiger partial charge is 0.309 e. The molecule has 0 radical (unpaired) electrons. The second kappa shape index (κ2) is 5.36. The van der Waals surface area contributed by atoms with Crippen LogP contribution in [0.1, 0.15) is 16.1 Å². The van der Waals surface area contributed by atoms with Gasteiger partial charge in [0.1, 0.15) is 5.82 Å². The molecule has 5 heteroatoms. The first-order valence-electron chi connectivity index (χ1n) is 5.65. The molecular formula is C14H12ClFN2O. The fourth-order valence-corrected chi connectivity index (χ4v) is 1.99. The number of carbonyl (C=O) groups is 1. The van der Waals surface area contributed by atoms with E-state index in [1.807, 2.05) is 0 Å². The van der Waals surface area contributed by atoms with E-state index in [0.29, 0.717) is 5.02 Å². The van der Waals surface area contributed by atoms with E-state index in [1.54, 1.807) is 25.1 Å². The lowest BCUT2D eigenvalue weighted by Crippen LogP contribution is -2.27. The Labute approximate surface area is 115 Å². The summed E-state index contributed by atoms with van der Waals surface area (Å²) in [7, 11) is 1.50. The average Bonchev–Trinajstić information content (AvgIpc) is 2.38. The first-order chi connectivity index (χ1) is 9.00. The molecule has 0 spiro atoms. The highest BCUT2D eigenvalue weighted by molar-refractivity contribution is 6.34. The number of aromatic nitrogens is 1. The van der Waals surface area contributed by atoms with Crippen molar-refractivity contribution in [2.24, 2.45) is 0 Å². The Kier molecular flexibility index (Phi) is 3.81. The van der Waals surface area contributed by atoms with Crippen LogP contribution in [0.15, 0.2) is 36.5 Å². The van der Waals surface area contributed by atoms with Gasteiger partial charge >= 0.3 is 0 Å². The molecule has 1 aromatic carbocycles. The highest BCUT2D eigenvalue weighted by Gasteiger charge is 2.19. The summed E-state index contributed by atoms with van der Waals surface area (Å²) in [5.74, 6) is -0.864. The molecule has 0 N–H and O–H groups in total. The predicted molar refractivity (Wildman–Crippen MR) is 73.1 cm³/mol. The number of amides is 1. The monoisotopic (exact) mass is 278 g/mol. The van der Waals surface area contributed by atoms with E-state index >= 15 is 0 Å². The van der Waals surface area contributed by atoms with Crippen LogP contribution in [0.25, 0.3) is 0 Å². The van der Waals surface area contributed by atoms with Crippen LogP contribution in [0.5, 0.6) is 0 Å². The van der Waals surface area contributed by atoms with Crippen molar-refractivity contribution >= 4 is 23.2 Å². The van der Waals surface area contributed by atoms with E-state index in [9.17, 15) is 9.18 Å². The number of aryl methyl sites for hydroxylation is 1. The highest BCUT2D eigenvalue weighted by Crippen LogP contribution is 2.22. The Hall–Kier alpha value is -1.94. The minimum Gasteiger partial charge on any atom is -0.309 e. The summed E-state index contributed by atoms with van der Waals surface area (Å²) < 4.78 is 13.6. The molecule has 0 saturated carbocycles. The van der Waals surface area contributed by atoms with Gasteiger partial charge in [-0.25, -0.2) is 4.39 Å². The van der Waals surface area contributed by atoms with Crippen molar-refractivity contribution in [2.75, 3.05) is 11.9 Å². The molecule has 2 aromatic rings. The Balaban J connectivity index is 2.37. The lowest BCUT2D eigenvalue weighted by Gasteiger charge is -2.18. The molecule has 1 heterocycles. The van der Waals surface area contributed by atoms with Crippen molar-refractivity contribution < 1.29 is 9.18 Å². The van der Waals surface area contributed by atoms with E-state index in [1.165, 1.54) is 30.3 Å². The fraction of sp³-hybridized carbons (Fsp3) is 0.143. The number of para-hydroxylation sites is 1. The van der Waals surface area contributed by atoms with Crippen molar-refractivity contribution in [2.45, 2.75) is 6.92 Å². The van der Waals surface area contributed by atoms with Gasteiger partial charge in [-0.05, 0) is 25.1 Å². The van der Waals surface area contributed by atoms with E-state index < -0.39 is 11.7 Å². The van der Waals surface area contributed by atoms with Crippen LogP contribution < -0.4 is 4.90 Å². The molecular weight excluding hydrogens is 267 g/mol. The zero-order valence-electron chi connectivity index (χ0n) is 10.5. The third-order valence-corrected chi connectivity index (χ3v) is 3.05. The van der Waals surface area contributed by atoms with Crippen molar-refractivity contribution in [1.82, 2.24) is 4.98 Å². The zero-order chi connectivity index (χ0) is 14.0. The quantitative estimate of drug-likeness (QED) is 0.843. The number of benzene rings is 1. The molecule has 0 fully saturated rings. The van der Waals surface area contributed by atoms with Crippen molar-refractivity contribution in [3.63, 3.8) is 0 Å². The second-order valence-electron chi connectivity index (χ2n) is 4.12. The summed E-state index contributed by atoms with van der Waals surface area (Å²) in [6.45, 7) is 1.78. The van der Waals surface area contributed by atoms with Gasteiger partial charge in [0.05, 0.1) is 16.3 Å². The Morgan fingerprint density at radius 2 is 2.05 bits per heavy atom. The standard InChI is InChI=1S/C14H12ClFN2O/c1-9-7-11(15)10(8-17-9)14(19)18(2)13-6-4-3-5-12(13)16/h3-8H,1-2H3. The van der Waals surface area contributed by atoms with Gasteiger partial charge in [-0.2, -0.15) is 0 Å². The van der Waals surface area contributed by atoms with Crippen molar-refractivity contribution in [3.05, 3.63) is 58.6 Å². The number of halogens is 2. The van der Waals surface area contributed by atoms with Gasteiger partial charge in [0.15, 0.2) is 0 Å². The van der Waals surface area contributed by atoms with Crippen LogP contribution in [-0.2, 0) is 0 Å². The maximum Gasteiger partial charge on any atom is 0.261 e. The Morgan fingerprint density at radius 1 is 1.37 bits per heavy atom. The van der Waals surface area contributed by atoms with Crippen LogP contribution in [0.2, 0.25) is 5.02 Å². The van der Waals surface area contributed by atoms with Gasteiger partial charge in [0, 0.05) is 18.9 Å². The van der Waals surface area contributed by atoms with Crippen molar-refractivity contribution in [3.8, 4) is 0 Å². The van der Waals surface area contributed by atoms with Crippen LogP contribution >= 0.6 is 11.6 Å². The molecule has 98 valence electrons. The third-order valence-electron chi connectivity index (χ3n) is 2.74. The summed E-state index contributed by atoms with van der Waals surface area (Å²) in [6, 6.07) is 7.66. The second-order valence-corrected chi connectivity index (χ2v) is 4.53. The number of anilines is 1. The highest BCUT2D eigenvalue weighted by atomic mass is 35.5. The number of nitrogens with zero attached hydrogens (tertiary/aromatic N) is 2. The van der Waals surface area contributed by atoms with Crippen LogP contribution in [0, 0.1) is 12.7 Å². The first kappa shape index (κ1) is 13.5. The maximum absolute atomic E-state index is 13.6. The molecule has 0 aliphatic rings. The number of carbonyl (C=O) groups excluding carboxylic acids is 1. The number of rotatable bonds is 2. The molecule has 1 amide bonds. The van der Waals surface area contributed by atoms with Crippen LogP contribution in [0.4, 0.5) is 10.1 Å². The van der Waals surface area contributed by atoms with Crippen molar-refractivity contribution in [1.29, 1.82) is 0 Å². The van der Waals surface area contributed by atoms with E-state index in [0.717, 1.165) is 5.69 Å². The molecule has 0 aliphatic carbocycles. The minimum absolute atomic E-state index is 0.198. The SMILES string of the molecule is Cc1cc(Cl)c(C(=O)N(C)c2ccccc2F)cn1. The van der Waals surface area contributed by atoms with E-state index in [2.05, 4.69) is 4.98 Å². The van der Waals surface area contributed by atoms with Gasteiger partial charge in [0.25, 0.3) is 5.91 Å². The lowest BCUT2D eigenvalue weighted by molar-refractivity contribution is 0.0992. The predicted octanol–water partition coefficient (Wildman–Crippen LogP) is 3.46. The van der Waals surface area contributed by atoms with E-state index in [-0.39, 0.29) is 11.3 Å².